The standard InChI is InChI=1S/C16H26BrNO2/c1-13(2)18-12-15(7-8-20-10-9-19-3)14-5-4-6-16(17)11-14/h4-6,11,13,15,18H,7-10,12H2,1-3H3. The minimum absolute atomic E-state index is 0.470. The van der Waals surface area contributed by atoms with E-state index in [-0.39, 0.29) is 0 Å². The fourth-order valence-electron chi connectivity index (χ4n) is 1.99. The van der Waals surface area contributed by atoms with Crippen LogP contribution in [0.2, 0.25) is 0 Å². The highest BCUT2D eigenvalue weighted by molar-refractivity contribution is 9.10. The molecule has 3 nitrogen and oxygen atoms in total. The molecule has 0 aliphatic heterocycles. The Kier molecular flexibility index (Phi) is 9.10. The molecule has 0 aliphatic carbocycles. The number of rotatable bonds is 10. The second kappa shape index (κ2) is 10.3. The van der Waals surface area contributed by atoms with Crippen LogP contribution in [0, 0.1) is 0 Å². The summed E-state index contributed by atoms with van der Waals surface area (Å²) in [7, 11) is 1.69. The van der Waals surface area contributed by atoms with Crippen molar-refractivity contribution in [2.75, 3.05) is 33.5 Å². The van der Waals surface area contributed by atoms with Crippen LogP contribution >= 0.6 is 15.9 Å². The minimum atomic E-state index is 0.470. The van der Waals surface area contributed by atoms with Crippen molar-refractivity contribution < 1.29 is 9.47 Å². The average Bonchev–Trinajstić information content (AvgIpc) is 2.41. The van der Waals surface area contributed by atoms with E-state index >= 15 is 0 Å². The Balaban J connectivity index is 2.51. The molecule has 1 N–H and O–H groups in total. The normalized spacial score (nSPS) is 12.8. The Hall–Kier alpha value is -0.420. The molecule has 0 aromatic heterocycles. The van der Waals surface area contributed by atoms with E-state index in [1.165, 1.54) is 5.56 Å². The van der Waals surface area contributed by atoms with Gasteiger partial charge in [0.1, 0.15) is 0 Å². The van der Waals surface area contributed by atoms with Crippen molar-refractivity contribution in [2.45, 2.75) is 32.2 Å². The molecule has 0 bridgehead atoms. The third-order valence-corrected chi connectivity index (χ3v) is 3.63. The highest BCUT2D eigenvalue weighted by Crippen LogP contribution is 2.22. The summed E-state index contributed by atoms with van der Waals surface area (Å²) < 4.78 is 11.7. The topological polar surface area (TPSA) is 30.5 Å². The molecule has 0 saturated heterocycles. The molecule has 4 heteroatoms. The van der Waals surface area contributed by atoms with E-state index in [2.05, 4.69) is 59.4 Å². The van der Waals surface area contributed by atoms with Gasteiger partial charge < -0.3 is 14.8 Å². The number of halogens is 1. The Morgan fingerprint density at radius 2 is 2.00 bits per heavy atom. The van der Waals surface area contributed by atoms with Crippen molar-refractivity contribution in [3.63, 3.8) is 0 Å². The SMILES string of the molecule is COCCOCCC(CNC(C)C)c1cccc(Br)c1. The average molecular weight is 344 g/mol. The van der Waals surface area contributed by atoms with Crippen LogP contribution in [0.25, 0.3) is 0 Å². The van der Waals surface area contributed by atoms with Crippen LogP contribution in [0.15, 0.2) is 28.7 Å². The van der Waals surface area contributed by atoms with Crippen LogP contribution in [0.3, 0.4) is 0 Å². The first-order valence-electron chi connectivity index (χ1n) is 7.19. The summed E-state index contributed by atoms with van der Waals surface area (Å²) in [5.41, 5.74) is 1.35. The lowest BCUT2D eigenvalue weighted by molar-refractivity contribution is 0.0669. The quantitative estimate of drug-likeness (QED) is 0.658. The van der Waals surface area contributed by atoms with Gasteiger partial charge in [-0.1, -0.05) is 41.9 Å². The van der Waals surface area contributed by atoms with E-state index in [0.29, 0.717) is 25.2 Å². The predicted molar refractivity (Wildman–Crippen MR) is 87.3 cm³/mol. The van der Waals surface area contributed by atoms with E-state index in [0.717, 1.165) is 24.0 Å². The van der Waals surface area contributed by atoms with Crippen molar-refractivity contribution in [2.24, 2.45) is 0 Å². The van der Waals surface area contributed by atoms with Crippen LogP contribution in [0.1, 0.15) is 31.7 Å². The maximum absolute atomic E-state index is 5.60. The number of nitrogens with one attached hydrogen (secondary N) is 1. The maximum atomic E-state index is 5.60. The number of benzene rings is 1. The van der Waals surface area contributed by atoms with Crippen molar-refractivity contribution in [3.8, 4) is 0 Å². The Bertz CT molecular complexity index is 371. The van der Waals surface area contributed by atoms with Crippen molar-refractivity contribution in [1.82, 2.24) is 5.32 Å². The lowest BCUT2D eigenvalue weighted by atomic mass is 9.96. The first-order chi connectivity index (χ1) is 9.63. The van der Waals surface area contributed by atoms with Gasteiger partial charge in [-0.25, -0.2) is 0 Å². The van der Waals surface area contributed by atoms with Gasteiger partial charge in [-0.3, -0.25) is 0 Å². The highest BCUT2D eigenvalue weighted by atomic mass is 79.9. The Morgan fingerprint density at radius 1 is 1.20 bits per heavy atom. The monoisotopic (exact) mass is 343 g/mol. The largest absolute Gasteiger partial charge is 0.382 e. The molecule has 0 amide bonds. The van der Waals surface area contributed by atoms with E-state index < -0.39 is 0 Å². The third kappa shape index (κ3) is 7.39. The molecular weight excluding hydrogens is 318 g/mol. The number of hydrogen-bond acceptors (Lipinski definition) is 3. The summed E-state index contributed by atoms with van der Waals surface area (Å²) in [5.74, 6) is 0.470. The van der Waals surface area contributed by atoms with Crippen LogP contribution < -0.4 is 5.32 Å². The molecule has 1 unspecified atom stereocenters. The molecule has 0 spiro atoms. The van der Waals surface area contributed by atoms with Gasteiger partial charge in [0.05, 0.1) is 13.2 Å². The number of hydrogen-bond donors (Lipinski definition) is 1. The van der Waals surface area contributed by atoms with Gasteiger partial charge in [0, 0.05) is 30.8 Å². The second-order valence-electron chi connectivity index (χ2n) is 5.21. The lowest BCUT2D eigenvalue weighted by Crippen LogP contribution is -2.28. The molecule has 0 radical (unpaired) electrons. The van der Waals surface area contributed by atoms with Gasteiger partial charge in [-0.15, -0.1) is 0 Å². The van der Waals surface area contributed by atoms with Crippen LogP contribution in [0.4, 0.5) is 0 Å². The molecule has 0 heterocycles. The predicted octanol–water partition coefficient (Wildman–Crippen LogP) is 3.58. The molecule has 1 aromatic carbocycles. The first-order valence-corrected chi connectivity index (χ1v) is 7.98. The zero-order chi connectivity index (χ0) is 14.8. The van der Waals surface area contributed by atoms with Gasteiger partial charge in [-0.2, -0.15) is 0 Å². The molecule has 1 atom stereocenters. The number of ether oxygens (including phenoxy) is 2. The van der Waals surface area contributed by atoms with Gasteiger partial charge in [0.2, 0.25) is 0 Å². The van der Waals surface area contributed by atoms with Gasteiger partial charge >= 0.3 is 0 Å². The summed E-state index contributed by atoms with van der Waals surface area (Å²) in [6, 6.07) is 9.03. The second-order valence-corrected chi connectivity index (χ2v) is 6.12. The summed E-state index contributed by atoms with van der Waals surface area (Å²) >= 11 is 3.54. The summed E-state index contributed by atoms with van der Waals surface area (Å²) in [4.78, 5) is 0. The zero-order valence-corrected chi connectivity index (χ0v) is 14.3. The van der Waals surface area contributed by atoms with Gasteiger partial charge in [0.15, 0.2) is 0 Å². The molecule has 20 heavy (non-hydrogen) atoms. The van der Waals surface area contributed by atoms with E-state index in [4.69, 9.17) is 9.47 Å². The molecule has 0 fully saturated rings. The Morgan fingerprint density at radius 3 is 2.65 bits per heavy atom. The lowest BCUT2D eigenvalue weighted by Gasteiger charge is -2.20. The molecule has 0 saturated carbocycles. The first kappa shape index (κ1) is 17.6. The summed E-state index contributed by atoms with van der Waals surface area (Å²) in [6.07, 6.45) is 1.01. The van der Waals surface area contributed by atoms with E-state index in [1.807, 2.05) is 0 Å². The molecule has 1 aromatic rings. The smallest absolute Gasteiger partial charge is 0.0700 e. The van der Waals surface area contributed by atoms with Gasteiger partial charge in [-0.05, 0) is 30.0 Å². The molecule has 0 aliphatic rings. The van der Waals surface area contributed by atoms with Gasteiger partial charge in [0.25, 0.3) is 0 Å². The Labute approximate surface area is 131 Å². The van der Waals surface area contributed by atoms with Crippen molar-refractivity contribution >= 4 is 15.9 Å². The van der Waals surface area contributed by atoms with Crippen LogP contribution in [0.5, 0.6) is 0 Å². The maximum Gasteiger partial charge on any atom is 0.0700 e. The number of methoxy groups -OCH3 is 1. The highest BCUT2D eigenvalue weighted by Gasteiger charge is 2.12. The minimum Gasteiger partial charge on any atom is -0.382 e. The third-order valence-electron chi connectivity index (χ3n) is 3.14. The summed E-state index contributed by atoms with van der Waals surface area (Å²) in [6.45, 7) is 7.41. The van der Waals surface area contributed by atoms with Crippen molar-refractivity contribution in [1.29, 1.82) is 0 Å². The van der Waals surface area contributed by atoms with E-state index in [1.54, 1.807) is 7.11 Å². The molecule has 114 valence electrons. The fourth-order valence-corrected chi connectivity index (χ4v) is 2.41. The molecular formula is C16H26BrNO2. The zero-order valence-electron chi connectivity index (χ0n) is 12.7. The van der Waals surface area contributed by atoms with Crippen LogP contribution in [-0.4, -0.2) is 39.5 Å². The van der Waals surface area contributed by atoms with Crippen LogP contribution in [-0.2, 0) is 9.47 Å². The summed E-state index contributed by atoms with van der Waals surface area (Å²) in [5, 5.41) is 3.52. The van der Waals surface area contributed by atoms with E-state index in [9.17, 15) is 0 Å². The van der Waals surface area contributed by atoms with Crippen molar-refractivity contribution in [3.05, 3.63) is 34.3 Å². The fraction of sp³-hybridized carbons (Fsp3) is 0.625. The molecule has 1 rings (SSSR count).